The summed E-state index contributed by atoms with van der Waals surface area (Å²) in [7, 11) is 3.03. The highest BCUT2D eigenvalue weighted by atomic mass is 16.5. The summed E-state index contributed by atoms with van der Waals surface area (Å²) in [6.45, 7) is 1.84. The largest absolute Gasteiger partial charge is 0.497 e. The van der Waals surface area contributed by atoms with Crippen LogP contribution in [0.3, 0.4) is 0 Å². The zero-order valence-electron chi connectivity index (χ0n) is 12.3. The Hall–Kier alpha value is -2.56. The average Bonchev–Trinajstić information content (AvgIpc) is 2.50. The summed E-state index contributed by atoms with van der Waals surface area (Å²) in [6, 6.07) is 8.15. The number of aryl methyl sites for hydroxylation is 1. The molecule has 0 radical (unpaired) electrons. The van der Waals surface area contributed by atoms with Crippen LogP contribution in [-0.2, 0) is 6.54 Å². The first kappa shape index (κ1) is 14.8. The third-order valence-electron chi connectivity index (χ3n) is 3.15. The molecule has 110 valence electrons. The van der Waals surface area contributed by atoms with E-state index >= 15 is 0 Å². The van der Waals surface area contributed by atoms with Crippen molar-refractivity contribution in [1.29, 1.82) is 0 Å². The summed E-state index contributed by atoms with van der Waals surface area (Å²) < 4.78 is 11.7. The summed E-state index contributed by atoms with van der Waals surface area (Å²) in [5, 5.41) is 0. The van der Waals surface area contributed by atoms with Crippen LogP contribution in [-0.4, -0.2) is 24.6 Å². The predicted octanol–water partition coefficient (Wildman–Crippen LogP) is 2.06. The molecular weight excluding hydrogens is 270 g/mol. The molecule has 0 spiro atoms. The number of methoxy groups -OCH3 is 2. The number of hydrogen-bond donors (Lipinski definition) is 0. The first-order chi connectivity index (χ1) is 10.0. The molecule has 0 saturated heterocycles. The Bertz CT molecular complexity index is 718. The van der Waals surface area contributed by atoms with Gasteiger partial charge in [0.05, 0.1) is 26.3 Å². The number of carbonyl (C=O) groups excluding carboxylic acids is 1. The van der Waals surface area contributed by atoms with Crippen molar-refractivity contribution in [2.75, 3.05) is 14.2 Å². The molecule has 1 aromatic carbocycles. The molecule has 0 N–H and O–H groups in total. The molecule has 0 unspecified atom stereocenters. The normalized spacial score (nSPS) is 10.2. The van der Waals surface area contributed by atoms with Gasteiger partial charge in [0.15, 0.2) is 5.78 Å². The lowest BCUT2D eigenvalue weighted by Crippen LogP contribution is -2.23. The Labute approximate surface area is 122 Å². The molecule has 0 aliphatic rings. The average molecular weight is 287 g/mol. The molecule has 2 aromatic rings. The molecule has 2 rings (SSSR count). The van der Waals surface area contributed by atoms with E-state index in [0.717, 1.165) is 5.56 Å². The van der Waals surface area contributed by atoms with E-state index in [1.165, 1.54) is 17.7 Å². The van der Waals surface area contributed by atoms with Crippen molar-refractivity contribution < 1.29 is 14.3 Å². The van der Waals surface area contributed by atoms with E-state index in [4.69, 9.17) is 9.47 Å². The van der Waals surface area contributed by atoms with Gasteiger partial charge in [-0.05, 0) is 24.6 Å². The summed E-state index contributed by atoms with van der Waals surface area (Å²) in [5.74, 6) is 0.846. The first-order valence-electron chi connectivity index (χ1n) is 6.47. The lowest BCUT2D eigenvalue weighted by atomic mass is 10.1. The van der Waals surface area contributed by atoms with E-state index < -0.39 is 0 Å². The summed E-state index contributed by atoms with van der Waals surface area (Å²) in [6.07, 6.45) is 1.66. The van der Waals surface area contributed by atoms with Gasteiger partial charge in [0.2, 0.25) is 0 Å². The number of ketones is 1. The van der Waals surface area contributed by atoms with Gasteiger partial charge in [-0.15, -0.1) is 0 Å². The Morgan fingerprint density at radius 3 is 2.57 bits per heavy atom. The van der Waals surface area contributed by atoms with Crippen molar-refractivity contribution in [1.82, 2.24) is 4.57 Å². The second-order valence-electron chi connectivity index (χ2n) is 4.66. The minimum Gasteiger partial charge on any atom is -0.497 e. The standard InChI is InChI=1S/C16H17NO4/c1-11-4-7-16(19)17(9-11)10-14(18)13-6-5-12(20-2)8-15(13)21-3/h4-9H,10H2,1-3H3. The van der Waals surface area contributed by atoms with Crippen LogP contribution < -0.4 is 15.0 Å². The minimum absolute atomic E-state index is 0.0246. The van der Waals surface area contributed by atoms with Gasteiger partial charge in [0, 0.05) is 18.3 Å². The van der Waals surface area contributed by atoms with Gasteiger partial charge >= 0.3 is 0 Å². The molecule has 0 atom stereocenters. The highest BCUT2D eigenvalue weighted by Gasteiger charge is 2.14. The molecule has 0 aliphatic carbocycles. The van der Waals surface area contributed by atoms with Crippen molar-refractivity contribution in [3.05, 3.63) is 58.0 Å². The maximum Gasteiger partial charge on any atom is 0.250 e. The lowest BCUT2D eigenvalue weighted by molar-refractivity contribution is 0.0968. The number of carbonyl (C=O) groups is 1. The van der Waals surface area contributed by atoms with Crippen LogP contribution >= 0.6 is 0 Å². The fourth-order valence-corrected chi connectivity index (χ4v) is 2.04. The number of aromatic nitrogens is 1. The topological polar surface area (TPSA) is 57.5 Å². The Balaban J connectivity index is 2.32. The van der Waals surface area contributed by atoms with Gasteiger partial charge < -0.3 is 14.0 Å². The van der Waals surface area contributed by atoms with E-state index in [1.807, 2.05) is 6.92 Å². The maximum atomic E-state index is 12.4. The highest BCUT2D eigenvalue weighted by Crippen LogP contribution is 2.25. The second kappa shape index (κ2) is 6.26. The van der Waals surface area contributed by atoms with Crippen LogP contribution in [0.15, 0.2) is 41.3 Å². The number of pyridine rings is 1. The van der Waals surface area contributed by atoms with Crippen molar-refractivity contribution in [3.8, 4) is 11.5 Å². The van der Waals surface area contributed by atoms with Gasteiger partial charge in [0.25, 0.3) is 5.56 Å². The Morgan fingerprint density at radius 2 is 1.90 bits per heavy atom. The number of Topliss-reactive ketones (excluding diaryl/α,β-unsaturated/α-hetero) is 1. The third kappa shape index (κ3) is 3.31. The molecule has 1 aromatic heterocycles. The van der Waals surface area contributed by atoms with Crippen molar-refractivity contribution in [3.63, 3.8) is 0 Å². The predicted molar refractivity (Wildman–Crippen MR) is 79.3 cm³/mol. The number of nitrogens with zero attached hydrogens (tertiary/aromatic N) is 1. The van der Waals surface area contributed by atoms with Gasteiger partial charge in [-0.25, -0.2) is 0 Å². The SMILES string of the molecule is COc1ccc(C(=O)Cn2cc(C)ccc2=O)c(OC)c1. The van der Waals surface area contributed by atoms with Gasteiger partial charge in [-0.2, -0.15) is 0 Å². The van der Waals surface area contributed by atoms with Crippen LogP contribution in [0.25, 0.3) is 0 Å². The van der Waals surface area contributed by atoms with Crippen molar-refractivity contribution in [2.45, 2.75) is 13.5 Å². The smallest absolute Gasteiger partial charge is 0.250 e. The van der Waals surface area contributed by atoms with E-state index in [-0.39, 0.29) is 17.9 Å². The zero-order chi connectivity index (χ0) is 15.4. The summed E-state index contributed by atoms with van der Waals surface area (Å²) in [4.78, 5) is 24.1. The number of benzene rings is 1. The van der Waals surface area contributed by atoms with Crippen LogP contribution in [0.4, 0.5) is 0 Å². The summed E-state index contributed by atoms with van der Waals surface area (Å²) in [5.41, 5.74) is 1.14. The third-order valence-corrected chi connectivity index (χ3v) is 3.15. The summed E-state index contributed by atoms with van der Waals surface area (Å²) >= 11 is 0. The van der Waals surface area contributed by atoms with Crippen molar-refractivity contribution >= 4 is 5.78 Å². The van der Waals surface area contributed by atoms with Crippen LogP contribution in [0, 0.1) is 6.92 Å². The number of rotatable bonds is 5. The van der Waals surface area contributed by atoms with Crippen molar-refractivity contribution in [2.24, 2.45) is 0 Å². The monoisotopic (exact) mass is 287 g/mol. The Morgan fingerprint density at radius 1 is 1.14 bits per heavy atom. The minimum atomic E-state index is -0.207. The molecule has 21 heavy (non-hydrogen) atoms. The number of ether oxygens (including phenoxy) is 2. The maximum absolute atomic E-state index is 12.4. The molecule has 0 amide bonds. The van der Waals surface area contributed by atoms with E-state index in [9.17, 15) is 9.59 Å². The fourth-order valence-electron chi connectivity index (χ4n) is 2.04. The van der Waals surface area contributed by atoms with E-state index in [1.54, 1.807) is 37.6 Å². The van der Waals surface area contributed by atoms with Gasteiger partial charge in [-0.1, -0.05) is 6.07 Å². The molecule has 0 fully saturated rings. The molecule has 1 heterocycles. The molecule has 0 saturated carbocycles. The zero-order valence-corrected chi connectivity index (χ0v) is 12.3. The molecule has 0 aliphatic heterocycles. The highest BCUT2D eigenvalue weighted by molar-refractivity contribution is 5.98. The Kier molecular flexibility index (Phi) is 4.42. The number of hydrogen-bond acceptors (Lipinski definition) is 4. The quantitative estimate of drug-likeness (QED) is 0.790. The van der Waals surface area contributed by atoms with E-state index in [2.05, 4.69) is 0 Å². The van der Waals surface area contributed by atoms with E-state index in [0.29, 0.717) is 17.1 Å². The molecule has 5 heteroatoms. The fraction of sp³-hybridized carbons (Fsp3) is 0.250. The molecule has 5 nitrogen and oxygen atoms in total. The van der Waals surface area contributed by atoms with Gasteiger partial charge in [0.1, 0.15) is 11.5 Å². The van der Waals surface area contributed by atoms with Crippen LogP contribution in [0.2, 0.25) is 0 Å². The van der Waals surface area contributed by atoms with Crippen LogP contribution in [0.5, 0.6) is 11.5 Å². The second-order valence-corrected chi connectivity index (χ2v) is 4.66. The molecule has 0 bridgehead atoms. The molecular formula is C16H17NO4. The lowest BCUT2D eigenvalue weighted by Gasteiger charge is -2.11. The van der Waals surface area contributed by atoms with Gasteiger partial charge in [-0.3, -0.25) is 9.59 Å². The first-order valence-corrected chi connectivity index (χ1v) is 6.47. The van der Waals surface area contributed by atoms with Crippen LogP contribution in [0.1, 0.15) is 15.9 Å².